The second kappa shape index (κ2) is 7.65. The number of benzene rings is 2. The van der Waals surface area contributed by atoms with Gasteiger partial charge in [-0.25, -0.2) is 13.1 Å². The van der Waals surface area contributed by atoms with Gasteiger partial charge in [0.2, 0.25) is 15.9 Å². The van der Waals surface area contributed by atoms with E-state index >= 15 is 0 Å². The molecule has 6 nitrogen and oxygen atoms in total. The molecular formula is C16H17ClN2O4S. The minimum absolute atomic E-state index is 0.114. The van der Waals surface area contributed by atoms with Crippen LogP contribution in [0.1, 0.15) is 5.56 Å². The molecule has 0 saturated heterocycles. The summed E-state index contributed by atoms with van der Waals surface area (Å²) in [4.78, 5) is 12.0. The van der Waals surface area contributed by atoms with Crippen LogP contribution >= 0.6 is 11.6 Å². The predicted molar refractivity (Wildman–Crippen MR) is 93.0 cm³/mol. The van der Waals surface area contributed by atoms with Gasteiger partial charge in [0.25, 0.3) is 0 Å². The second-order valence-electron chi connectivity index (χ2n) is 5.04. The van der Waals surface area contributed by atoms with Crippen molar-refractivity contribution in [3.05, 3.63) is 53.1 Å². The molecule has 1 amide bonds. The van der Waals surface area contributed by atoms with E-state index in [4.69, 9.17) is 16.3 Å². The summed E-state index contributed by atoms with van der Waals surface area (Å²) in [5, 5.41) is 2.91. The molecule has 0 aliphatic heterocycles. The zero-order chi connectivity index (χ0) is 17.7. The molecule has 2 rings (SSSR count). The molecule has 0 radical (unpaired) electrons. The average Bonchev–Trinajstić information content (AvgIpc) is 2.53. The zero-order valence-corrected chi connectivity index (χ0v) is 14.7. The molecule has 0 aromatic heterocycles. The minimum Gasteiger partial charge on any atom is -0.495 e. The van der Waals surface area contributed by atoms with Crippen molar-refractivity contribution >= 4 is 33.2 Å². The number of halogens is 1. The van der Waals surface area contributed by atoms with Crippen molar-refractivity contribution in [2.45, 2.75) is 11.8 Å². The Morgan fingerprint density at radius 1 is 1.21 bits per heavy atom. The maximum Gasteiger partial charge on any atom is 0.241 e. The van der Waals surface area contributed by atoms with Gasteiger partial charge in [0.05, 0.1) is 23.6 Å². The number of ether oxygens (including phenoxy) is 1. The van der Waals surface area contributed by atoms with E-state index in [-0.39, 0.29) is 11.4 Å². The molecule has 0 aliphatic rings. The Bertz CT molecular complexity index is 853. The quantitative estimate of drug-likeness (QED) is 0.820. The van der Waals surface area contributed by atoms with E-state index in [1.54, 1.807) is 31.2 Å². The van der Waals surface area contributed by atoms with E-state index in [1.807, 2.05) is 0 Å². The Morgan fingerprint density at radius 2 is 1.96 bits per heavy atom. The van der Waals surface area contributed by atoms with Gasteiger partial charge in [-0.3, -0.25) is 4.79 Å². The van der Waals surface area contributed by atoms with Gasteiger partial charge in [-0.2, -0.15) is 0 Å². The van der Waals surface area contributed by atoms with Crippen molar-refractivity contribution in [2.24, 2.45) is 0 Å². The van der Waals surface area contributed by atoms with Gasteiger partial charge in [-0.1, -0.05) is 23.7 Å². The number of rotatable bonds is 6. The molecule has 128 valence electrons. The molecule has 8 heteroatoms. The van der Waals surface area contributed by atoms with Crippen LogP contribution in [-0.2, 0) is 14.8 Å². The highest BCUT2D eigenvalue weighted by Gasteiger charge is 2.15. The summed E-state index contributed by atoms with van der Waals surface area (Å²) in [5.74, 6) is -0.0257. The van der Waals surface area contributed by atoms with Crippen LogP contribution in [0.2, 0.25) is 5.02 Å². The van der Waals surface area contributed by atoms with Crippen LogP contribution in [0.25, 0.3) is 0 Å². The fourth-order valence-corrected chi connectivity index (χ4v) is 3.32. The highest BCUT2D eigenvalue weighted by Crippen LogP contribution is 2.27. The van der Waals surface area contributed by atoms with E-state index < -0.39 is 15.9 Å². The third kappa shape index (κ3) is 4.70. The Labute approximate surface area is 145 Å². The molecule has 0 heterocycles. The Kier molecular flexibility index (Phi) is 5.82. The standard InChI is InChI=1S/C16H17ClN2O4S/c1-11-4-3-5-13(8-11)24(21,22)18-10-16(20)19-12-6-7-15(23-2)14(17)9-12/h3-9,18H,10H2,1-2H3,(H,19,20). The van der Waals surface area contributed by atoms with E-state index in [1.165, 1.54) is 25.3 Å². The first-order chi connectivity index (χ1) is 11.3. The SMILES string of the molecule is COc1ccc(NC(=O)CNS(=O)(=O)c2cccc(C)c2)cc1Cl. The number of amides is 1. The third-order valence-corrected chi connectivity index (χ3v) is 4.85. The van der Waals surface area contributed by atoms with Gasteiger partial charge in [0, 0.05) is 5.69 Å². The molecule has 2 aromatic rings. The molecule has 2 N–H and O–H groups in total. The first kappa shape index (κ1) is 18.3. The Hall–Kier alpha value is -2.09. The predicted octanol–water partition coefficient (Wildman–Crippen LogP) is 2.57. The number of nitrogens with one attached hydrogen (secondary N) is 2. The van der Waals surface area contributed by atoms with Crippen molar-refractivity contribution < 1.29 is 17.9 Å². The summed E-state index contributed by atoms with van der Waals surface area (Å²) in [5.41, 5.74) is 1.26. The monoisotopic (exact) mass is 368 g/mol. The highest BCUT2D eigenvalue weighted by atomic mass is 35.5. The lowest BCUT2D eigenvalue weighted by Gasteiger charge is -2.09. The number of hydrogen-bond acceptors (Lipinski definition) is 4. The van der Waals surface area contributed by atoms with E-state index in [9.17, 15) is 13.2 Å². The number of carbonyl (C=O) groups excluding carboxylic acids is 1. The lowest BCUT2D eigenvalue weighted by molar-refractivity contribution is -0.115. The molecule has 0 unspecified atom stereocenters. The van der Waals surface area contributed by atoms with Crippen molar-refractivity contribution in [3.63, 3.8) is 0 Å². The summed E-state index contributed by atoms with van der Waals surface area (Å²) >= 11 is 5.97. The van der Waals surface area contributed by atoms with Crippen LogP contribution in [0.3, 0.4) is 0 Å². The van der Waals surface area contributed by atoms with Gasteiger partial charge in [0.15, 0.2) is 0 Å². The number of anilines is 1. The molecule has 24 heavy (non-hydrogen) atoms. The highest BCUT2D eigenvalue weighted by molar-refractivity contribution is 7.89. The third-order valence-electron chi connectivity index (χ3n) is 3.16. The topological polar surface area (TPSA) is 84.5 Å². The first-order valence-electron chi connectivity index (χ1n) is 7.01. The smallest absolute Gasteiger partial charge is 0.241 e. The zero-order valence-electron chi connectivity index (χ0n) is 13.2. The molecule has 0 aliphatic carbocycles. The average molecular weight is 369 g/mol. The molecule has 0 bridgehead atoms. The van der Waals surface area contributed by atoms with Crippen molar-refractivity contribution in [1.82, 2.24) is 4.72 Å². The maximum atomic E-state index is 12.2. The Morgan fingerprint density at radius 3 is 2.58 bits per heavy atom. The van der Waals surface area contributed by atoms with Gasteiger partial charge >= 0.3 is 0 Å². The summed E-state index contributed by atoms with van der Waals surface area (Å²) in [7, 11) is -2.26. The fourth-order valence-electron chi connectivity index (χ4n) is 1.98. The molecule has 0 saturated carbocycles. The summed E-state index contributed by atoms with van der Waals surface area (Å²) in [6.45, 7) is 1.40. The Balaban J connectivity index is 1.99. The molecule has 0 spiro atoms. The minimum atomic E-state index is -3.75. The summed E-state index contributed by atoms with van der Waals surface area (Å²) in [6, 6.07) is 11.2. The summed E-state index contributed by atoms with van der Waals surface area (Å²) in [6.07, 6.45) is 0. The number of methoxy groups -OCH3 is 1. The van der Waals surface area contributed by atoms with Gasteiger partial charge < -0.3 is 10.1 Å². The second-order valence-corrected chi connectivity index (χ2v) is 7.21. The van der Waals surface area contributed by atoms with Gasteiger partial charge in [-0.05, 0) is 42.8 Å². The van der Waals surface area contributed by atoms with E-state index in [0.717, 1.165) is 5.56 Å². The van der Waals surface area contributed by atoms with Crippen LogP contribution in [0.5, 0.6) is 5.75 Å². The fraction of sp³-hybridized carbons (Fsp3) is 0.188. The first-order valence-corrected chi connectivity index (χ1v) is 8.87. The van der Waals surface area contributed by atoms with Gasteiger partial charge in [0.1, 0.15) is 5.75 Å². The molecule has 0 fully saturated rings. The van der Waals surface area contributed by atoms with Crippen molar-refractivity contribution in [3.8, 4) is 5.75 Å². The number of carbonyl (C=O) groups is 1. The largest absolute Gasteiger partial charge is 0.495 e. The van der Waals surface area contributed by atoms with Crippen LogP contribution in [0, 0.1) is 6.92 Å². The van der Waals surface area contributed by atoms with Crippen LogP contribution in [0.15, 0.2) is 47.4 Å². The van der Waals surface area contributed by atoms with Gasteiger partial charge in [-0.15, -0.1) is 0 Å². The number of sulfonamides is 1. The van der Waals surface area contributed by atoms with Crippen LogP contribution < -0.4 is 14.8 Å². The molecular weight excluding hydrogens is 352 g/mol. The van der Waals surface area contributed by atoms with Crippen molar-refractivity contribution in [1.29, 1.82) is 0 Å². The maximum absolute atomic E-state index is 12.2. The normalized spacial score (nSPS) is 11.1. The lowest BCUT2D eigenvalue weighted by atomic mass is 10.2. The van der Waals surface area contributed by atoms with E-state index in [2.05, 4.69) is 10.0 Å². The van der Waals surface area contributed by atoms with Crippen LogP contribution in [-0.4, -0.2) is 28.0 Å². The summed E-state index contributed by atoms with van der Waals surface area (Å²) < 4.78 is 31.6. The van der Waals surface area contributed by atoms with Crippen LogP contribution in [0.4, 0.5) is 5.69 Å². The number of aryl methyl sites for hydroxylation is 1. The number of hydrogen-bond donors (Lipinski definition) is 2. The molecule has 0 atom stereocenters. The van der Waals surface area contributed by atoms with Crippen molar-refractivity contribution in [2.75, 3.05) is 19.0 Å². The lowest BCUT2D eigenvalue weighted by Crippen LogP contribution is -2.32. The molecule has 2 aromatic carbocycles. The van der Waals surface area contributed by atoms with E-state index in [0.29, 0.717) is 16.5 Å².